The number of aromatic nitrogens is 7. The van der Waals surface area contributed by atoms with Gasteiger partial charge in [0.2, 0.25) is 5.88 Å². The third-order valence-electron chi connectivity index (χ3n) is 6.20. The summed E-state index contributed by atoms with van der Waals surface area (Å²) in [6.07, 6.45) is 12.7. The second-order valence-corrected chi connectivity index (χ2v) is 8.51. The van der Waals surface area contributed by atoms with Gasteiger partial charge in [0.05, 0.1) is 26.1 Å². The minimum absolute atomic E-state index is 0.389. The molecule has 36 heavy (non-hydrogen) atoms. The average molecular weight is 481 g/mol. The molecule has 0 bridgehead atoms. The fraction of sp³-hybridized carbons (Fsp3) is 0.231. The van der Waals surface area contributed by atoms with Crippen LogP contribution in [0.5, 0.6) is 11.6 Å². The molecule has 1 fully saturated rings. The molecule has 0 atom stereocenters. The molecule has 0 saturated heterocycles. The van der Waals surface area contributed by atoms with Crippen molar-refractivity contribution in [3.05, 3.63) is 72.8 Å². The van der Waals surface area contributed by atoms with Crippen LogP contribution in [0.1, 0.15) is 30.0 Å². The fourth-order valence-electron chi connectivity index (χ4n) is 4.20. The van der Waals surface area contributed by atoms with E-state index in [1.807, 2.05) is 28.9 Å². The molecular formula is C26H24N8O2. The van der Waals surface area contributed by atoms with Gasteiger partial charge >= 0.3 is 0 Å². The summed E-state index contributed by atoms with van der Waals surface area (Å²) in [5.41, 5.74) is 5.41. The van der Waals surface area contributed by atoms with Crippen LogP contribution in [0.2, 0.25) is 0 Å². The topological polar surface area (TPSA) is 112 Å². The first-order valence-electron chi connectivity index (χ1n) is 11.7. The van der Waals surface area contributed by atoms with Crippen molar-refractivity contribution in [2.75, 3.05) is 19.5 Å². The third-order valence-corrected chi connectivity index (χ3v) is 6.20. The summed E-state index contributed by atoms with van der Waals surface area (Å²) in [7, 11) is 3.20. The Morgan fingerprint density at radius 3 is 2.50 bits per heavy atom. The number of fused-ring (bicyclic) bond motifs is 1. The molecular weight excluding hydrogens is 456 g/mol. The number of hydrogen-bond donors (Lipinski definition) is 1. The van der Waals surface area contributed by atoms with E-state index in [9.17, 15) is 0 Å². The van der Waals surface area contributed by atoms with Crippen LogP contribution < -0.4 is 14.8 Å². The fourth-order valence-corrected chi connectivity index (χ4v) is 4.20. The van der Waals surface area contributed by atoms with Crippen molar-refractivity contribution in [1.29, 1.82) is 0 Å². The van der Waals surface area contributed by atoms with E-state index in [4.69, 9.17) is 14.5 Å². The van der Waals surface area contributed by atoms with Crippen LogP contribution in [0.4, 0.5) is 5.82 Å². The molecule has 4 heterocycles. The number of benzene rings is 1. The Morgan fingerprint density at radius 1 is 0.944 bits per heavy atom. The van der Waals surface area contributed by atoms with Gasteiger partial charge in [-0.25, -0.2) is 24.9 Å². The van der Waals surface area contributed by atoms with E-state index in [1.165, 1.54) is 6.33 Å². The van der Waals surface area contributed by atoms with Crippen molar-refractivity contribution in [2.24, 2.45) is 0 Å². The van der Waals surface area contributed by atoms with E-state index in [1.54, 1.807) is 32.8 Å². The van der Waals surface area contributed by atoms with Gasteiger partial charge in [-0.1, -0.05) is 24.3 Å². The van der Waals surface area contributed by atoms with Gasteiger partial charge in [0.15, 0.2) is 23.0 Å². The Balaban J connectivity index is 1.26. The maximum Gasteiger partial charge on any atom is 0.227 e. The highest BCUT2D eigenvalue weighted by Gasteiger charge is 2.31. The minimum Gasteiger partial charge on any atom is -0.491 e. The average Bonchev–Trinajstić information content (AvgIpc) is 3.67. The summed E-state index contributed by atoms with van der Waals surface area (Å²) in [6, 6.07) is 8.21. The molecule has 180 valence electrons. The first-order chi connectivity index (χ1) is 17.7. The number of anilines is 1. The second kappa shape index (κ2) is 9.21. The van der Waals surface area contributed by atoms with Gasteiger partial charge in [0.1, 0.15) is 17.6 Å². The molecule has 1 N–H and O–H groups in total. The maximum atomic E-state index is 5.52. The smallest absolute Gasteiger partial charge is 0.227 e. The Kier molecular flexibility index (Phi) is 5.61. The standard InChI is InChI=1S/C26H24N8O2/c1-35-19-14-30-24(20-21(17-7-8-17)31-15-32-26(20)36-2)33-23(19)29-13-16-3-5-18(6-4-16)22-25-28-10-12-34(25)11-9-27-22/h3-6,9-12,14-15,17H,7-8,13H2,1-2H3,(H,29,30,33). The van der Waals surface area contributed by atoms with Crippen LogP contribution in [0, 0.1) is 0 Å². The molecule has 1 saturated carbocycles. The molecule has 1 aromatic carbocycles. The van der Waals surface area contributed by atoms with E-state index >= 15 is 0 Å². The zero-order valence-corrected chi connectivity index (χ0v) is 19.9. The number of nitrogens with zero attached hydrogens (tertiary/aromatic N) is 7. The van der Waals surface area contributed by atoms with Gasteiger partial charge in [0, 0.05) is 42.8 Å². The first-order valence-corrected chi connectivity index (χ1v) is 11.7. The van der Waals surface area contributed by atoms with Gasteiger partial charge in [-0.3, -0.25) is 4.98 Å². The number of nitrogens with one attached hydrogen (secondary N) is 1. The van der Waals surface area contributed by atoms with Crippen molar-refractivity contribution in [3.8, 4) is 34.3 Å². The van der Waals surface area contributed by atoms with Crippen molar-refractivity contribution in [3.63, 3.8) is 0 Å². The molecule has 1 aliphatic rings. The summed E-state index contributed by atoms with van der Waals surface area (Å²) < 4.78 is 13.0. The molecule has 10 heteroatoms. The van der Waals surface area contributed by atoms with Gasteiger partial charge < -0.3 is 19.2 Å². The number of methoxy groups -OCH3 is 2. The molecule has 0 spiro atoms. The lowest BCUT2D eigenvalue weighted by Crippen LogP contribution is -2.07. The van der Waals surface area contributed by atoms with E-state index in [0.717, 1.165) is 46.6 Å². The van der Waals surface area contributed by atoms with Crippen LogP contribution >= 0.6 is 0 Å². The predicted octanol–water partition coefficient (Wildman–Crippen LogP) is 4.15. The number of imidazole rings is 1. The lowest BCUT2D eigenvalue weighted by molar-refractivity contribution is 0.397. The largest absolute Gasteiger partial charge is 0.491 e. The van der Waals surface area contributed by atoms with E-state index < -0.39 is 0 Å². The number of rotatable bonds is 8. The third kappa shape index (κ3) is 4.06. The normalized spacial score (nSPS) is 13.1. The van der Waals surface area contributed by atoms with Gasteiger partial charge in [-0.05, 0) is 18.4 Å². The quantitative estimate of drug-likeness (QED) is 0.350. The highest BCUT2D eigenvalue weighted by molar-refractivity contribution is 5.73. The Hall–Kier alpha value is -4.60. The maximum absolute atomic E-state index is 5.52. The molecule has 10 nitrogen and oxygen atoms in total. The Labute approximate surface area is 207 Å². The summed E-state index contributed by atoms with van der Waals surface area (Å²) in [5, 5.41) is 3.39. The lowest BCUT2D eigenvalue weighted by atomic mass is 10.1. The zero-order valence-electron chi connectivity index (χ0n) is 19.9. The zero-order chi connectivity index (χ0) is 24.5. The molecule has 0 radical (unpaired) electrons. The van der Waals surface area contributed by atoms with E-state index in [2.05, 4.69) is 42.4 Å². The number of ether oxygens (including phenoxy) is 2. The summed E-state index contributed by atoms with van der Waals surface area (Å²) >= 11 is 0. The molecule has 6 rings (SSSR count). The Bertz CT molecular complexity index is 1530. The van der Waals surface area contributed by atoms with Crippen molar-refractivity contribution >= 4 is 11.5 Å². The van der Waals surface area contributed by atoms with Crippen molar-refractivity contribution < 1.29 is 9.47 Å². The van der Waals surface area contributed by atoms with E-state index in [0.29, 0.717) is 35.7 Å². The molecule has 4 aromatic heterocycles. The van der Waals surface area contributed by atoms with Crippen molar-refractivity contribution in [1.82, 2.24) is 34.3 Å². The molecule has 5 aromatic rings. The highest BCUT2D eigenvalue weighted by atomic mass is 16.5. The second-order valence-electron chi connectivity index (χ2n) is 8.51. The Morgan fingerprint density at radius 2 is 1.75 bits per heavy atom. The SMILES string of the molecule is COc1cnc(-c2c(OC)ncnc2C2CC2)nc1NCc1ccc(-c2nccn3ccnc23)cc1. The minimum atomic E-state index is 0.389. The molecule has 0 amide bonds. The summed E-state index contributed by atoms with van der Waals surface area (Å²) in [4.78, 5) is 27.0. The van der Waals surface area contributed by atoms with Gasteiger partial charge in [-0.2, -0.15) is 0 Å². The molecule has 1 aliphatic carbocycles. The van der Waals surface area contributed by atoms with Gasteiger partial charge in [-0.15, -0.1) is 0 Å². The van der Waals surface area contributed by atoms with Gasteiger partial charge in [0.25, 0.3) is 0 Å². The van der Waals surface area contributed by atoms with Crippen LogP contribution in [0.25, 0.3) is 28.3 Å². The lowest BCUT2D eigenvalue weighted by Gasteiger charge is -2.14. The van der Waals surface area contributed by atoms with E-state index in [-0.39, 0.29) is 0 Å². The highest BCUT2D eigenvalue weighted by Crippen LogP contribution is 2.45. The first kappa shape index (κ1) is 21.9. The summed E-state index contributed by atoms with van der Waals surface area (Å²) in [5.74, 6) is 2.50. The number of hydrogen-bond acceptors (Lipinski definition) is 9. The monoisotopic (exact) mass is 480 g/mol. The van der Waals surface area contributed by atoms with Crippen LogP contribution in [-0.4, -0.2) is 48.5 Å². The van der Waals surface area contributed by atoms with Crippen LogP contribution in [-0.2, 0) is 6.54 Å². The predicted molar refractivity (Wildman–Crippen MR) is 134 cm³/mol. The van der Waals surface area contributed by atoms with Crippen LogP contribution in [0.3, 0.4) is 0 Å². The van der Waals surface area contributed by atoms with Crippen LogP contribution in [0.15, 0.2) is 61.6 Å². The molecule has 0 unspecified atom stereocenters. The molecule has 0 aliphatic heterocycles. The van der Waals surface area contributed by atoms with Crippen molar-refractivity contribution in [2.45, 2.75) is 25.3 Å². The summed E-state index contributed by atoms with van der Waals surface area (Å²) in [6.45, 7) is 0.548.